The summed E-state index contributed by atoms with van der Waals surface area (Å²) in [6.45, 7) is 4.35. The molecule has 2 aromatic carbocycles. The van der Waals surface area contributed by atoms with Crippen LogP contribution in [0.5, 0.6) is 11.5 Å². The number of furan rings is 1. The molecule has 2 aliphatic rings. The molecule has 0 aliphatic carbocycles. The molecule has 0 saturated carbocycles. The van der Waals surface area contributed by atoms with E-state index in [1.807, 2.05) is 23.1 Å². The van der Waals surface area contributed by atoms with E-state index in [0.717, 1.165) is 19.6 Å². The highest BCUT2D eigenvalue weighted by Crippen LogP contribution is 2.38. The second-order valence-corrected chi connectivity index (χ2v) is 10.5. The fraction of sp³-hybridized carbons (Fsp3) is 0.269. The molecule has 36 heavy (non-hydrogen) atoms. The molecule has 10 heteroatoms. The number of hydrogen-bond acceptors (Lipinski definition) is 9. The maximum atomic E-state index is 13.8. The highest BCUT2D eigenvalue weighted by Gasteiger charge is 2.34. The van der Waals surface area contributed by atoms with Gasteiger partial charge in [0.15, 0.2) is 17.3 Å². The molecule has 1 fully saturated rings. The van der Waals surface area contributed by atoms with Crippen LogP contribution in [-0.2, 0) is 16.4 Å². The van der Waals surface area contributed by atoms with Crippen LogP contribution >= 0.6 is 0 Å². The molecule has 0 radical (unpaired) electrons. The van der Waals surface area contributed by atoms with Gasteiger partial charge in [0.05, 0.1) is 11.2 Å². The number of rotatable bonds is 6. The molecule has 0 spiro atoms. The van der Waals surface area contributed by atoms with E-state index in [2.05, 4.69) is 22.0 Å². The molecule has 0 N–H and O–H groups in total. The summed E-state index contributed by atoms with van der Waals surface area (Å²) >= 11 is 0. The predicted octanol–water partition coefficient (Wildman–Crippen LogP) is 3.86. The largest absolute Gasteiger partial charge is 0.486 e. The standard InChI is InChI=1S/C26H25N3O6S/c30-36(31,20-8-9-21-23(17-20)34-16-15-33-21)25-26(35-24(27-25)22-7-4-14-32-22)29-12-10-28(11-13-29)18-19-5-2-1-3-6-19/h1-9,14,17H,10-13,15-16,18H2. The lowest BCUT2D eigenvalue weighted by Gasteiger charge is -2.34. The van der Waals surface area contributed by atoms with Gasteiger partial charge in [-0.1, -0.05) is 30.3 Å². The lowest BCUT2D eigenvalue weighted by atomic mass is 10.2. The topological polar surface area (TPSA) is 98.2 Å². The molecule has 2 aromatic heterocycles. The van der Waals surface area contributed by atoms with Crippen LogP contribution in [0.15, 0.2) is 85.7 Å². The van der Waals surface area contributed by atoms with Gasteiger partial charge in [0.1, 0.15) is 13.2 Å². The SMILES string of the molecule is O=S(=O)(c1ccc2c(c1)OCCO2)c1nc(-c2ccco2)oc1N1CCN(Cc2ccccc2)CC1. The van der Waals surface area contributed by atoms with Gasteiger partial charge in [-0.2, -0.15) is 4.98 Å². The van der Waals surface area contributed by atoms with E-state index in [9.17, 15) is 8.42 Å². The summed E-state index contributed by atoms with van der Waals surface area (Å²) in [7, 11) is -4.02. The molecule has 9 nitrogen and oxygen atoms in total. The average Bonchev–Trinajstić information content (AvgIpc) is 3.60. The van der Waals surface area contributed by atoms with Crippen LogP contribution in [0.25, 0.3) is 11.7 Å². The molecule has 0 atom stereocenters. The summed E-state index contributed by atoms with van der Waals surface area (Å²) in [5, 5.41) is -0.137. The Labute approximate surface area is 208 Å². The summed E-state index contributed by atoms with van der Waals surface area (Å²) in [5.74, 6) is 1.62. The number of fused-ring (bicyclic) bond motifs is 1. The highest BCUT2D eigenvalue weighted by molar-refractivity contribution is 7.91. The Morgan fingerprint density at radius 2 is 1.64 bits per heavy atom. The first-order valence-corrected chi connectivity index (χ1v) is 13.3. The Morgan fingerprint density at radius 3 is 2.39 bits per heavy atom. The van der Waals surface area contributed by atoms with E-state index in [4.69, 9.17) is 18.3 Å². The lowest BCUT2D eigenvalue weighted by molar-refractivity contribution is 0.171. The van der Waals surface area contributed by atoms with Crippen molar-refractivity contribution in [2.75, 3.05) is 44.3 Å². The van der Waals surface area contributed by atoms with Gasteiger partial charge in [0.25, 0.3) is 5.89 Å². The number of hydrogen-bond donors (Lipinski definition) is 0. The third kappa shape index (κ3) is 4.33. The molecular weight excluding hydrogens is 482 g/mol. The van der Waals surface area contributed by atoms with Crippen LogP contribution in [-0.4, -0.2) is 57.7 Å². The Morgan fingerprint density at radius 1 is 0.861 bits per heavy atom. The molecule has 186 valence electrons. The van der Waals surface area contributed by atoms with Gasteiger partial charge >= 0.3 is 0 Å². The van der Waals surface area contributed by atoms with E-state index >= 15 is 0 Å². The van der Waals surface area contributed by atoms with Crippen LogP contribution in [0.3, 0.4) is 0 Å². The number of ether oxygens (including phenoxy) is 2. The van der Waals surface area contributed by atoms with Gasteiger partial charge in [-0.15, -0.1) is 0 Å². The molecule has 4 aromatic rings. The Hall–Kier alpha value is -3.76. The third-order valence-electron chi connectivity index (χ3n) is 6.30. The number of oxazole rings is 1. The Balaban J connectivity index is 1.31. The number of nitrogens with zero attached hydrogens (tertiary/aromatic N) is 3. The fourth-order valence-electron chi connectivity index (χ4n) is 4.43. The highest BCUT2D eigenvalue weighted by atomic mass is 32.2. The van der Waals surface area contributed by atoms with Crippen molar-refractivity contribution in [1.82, 2.24) is 9.88 Å². The van der Waals surface area contributed by atoms with Gasteiger partial charge < -0.3 is 23.2 Å². The van der Waals surface area contributed by atoms with Gasteiger partial charge in [0.2, 0.25) is 20.7 Å². The third-order valence-corrected chi connectivity index (χ3v) is 7.95. The van der Waals surface area contributed by atoms with Crippen LogP contribution in [0, 0.1) is 0 Å². The van der Waals surface area contributed by atoms with Crippen molar-refractivity contribution in [1.29, 1.82) is 0 Å². The molecule has 6 rings (SSSR count). The van der Waals surface area contributed by atoms with Crippen LogP contribution in [0.4, 0.5) is 5.88 Å². The van der Waals surface area contributed by atoms with Crippen molar-refractivity contribution in [3.05, 3.63) is 72.5 Å². The first-order valence-electron chi connectivity index (χ1n) is 11.8. The molecule has 1 saturated heterocycles. The first-order chi connectivity index (χ1) is 17.6. The van der Waals surface area contributed by atoms with Gasteiger partial charge in [-0.25, -0.2) is 8.42 Å². The Bertz CT molecular complexity index is 1440. The molecular formula is C26H25N3O6S. The molecule has 4 heterocycles. The second kappa shape index (κ2) is 9.36. The summed E-state index contributed by atoms with van der Waals surface area (Å²) in [6, 6.07) is 18.3. The normalized spacial score (nSPS) is 16.3. The van der Waals surface area contributed by atoms with Crippen molar-refractivity contribution in [2.24, 2.45) is 0 Å². The quantitative estimate of drug-likeness (QED) is 0.385. The van der Waals surface area contributed by atoms with E-state index in [0.29, 0.717) is 43.6 Å². The zero-order valence-electron chi connectivity index (χ0n) is 19.5. The van der Waals surface area contributed by atoms with Crippen LogP contribution in [0.1, 0.15) is 5.56 Å². The van der Waals surface area contributed by atoms with Crippen molar-refractivity contribution < 1.29 is 26.7 Å². The monoisotopic (exact) mass is 507 g/mol. The number of aromatic nitrogens is 1. The number of anilines is 1. The van der Waals surface area contributed by atoms with Crippen LogP contribution in [0.2, 0.25) is 0 Å². The zero-order chi connectivity index (χ0) is 24.5. The maximum absolute atomic E-state index is 13.8. The van der Waals surface area contributed by atoms with Crippen molar-refractivity contribution in [2.45, 2.75) is 16.5 Å². The lowest BCUT2D eigenvalue weighted by Crippen LogP contribution is -2.46. The van der Waals surface area contributed by atoms with Gasteiger partial charge in [-0.3, -0.25) is 4.90 Å². The maximum Gasteiger partial charge on any atom is 0.266 e. The van der Waals surface area contributed by atoms with E-state index in [1.165, 1.54) is 24.0 Å². The minimum Gasteiger partial charge on any atom is -0.486 e. The molecule has 2 aliphatic heterocycles. The average molecular weight is 508 g/mol. The predicted molar refractivity (Wildman–Crippen MR) is 131 cm³/mol. The van der Waals surface area contributed by atoms with Crippen molar-refractivity contribution in [3.8, 4) is 23.1 Å². The van der Waals surface area contributed by atoms with Crippen molar-refractivity contribution >= 4 is 15.7 Å². The summed E-state index contributed by atoms with van der Waals surface area (Å²) < 4.78 is 50.2. The van der Waals surface area contributed by atoms with Gasteiger partial charge in [0, 0.05) is 38.8 Å². The first kappa shape index (κ1) is 22.7. The van der Waals surface area contributed by atoms with E-state index in [-0.39, 0.29) is 21.7 Å². The van der Waals surface area contributed by atoms with E-state index < -0.39 is 9.84 Å². The Kier molecular flexibility index (Phi) is 5.90. The number of benzene rings is 2. The minimum absolute atomic E-state index is 0.0648. The summed E-state index contributed by atoms with van der Waals surface area (Å²) in [4.78, 5) is 8.74. The summed E-state index contributed by atoms with van der Waals surface area (Å²) in [6.07, 6.45) is 1.50. The smallest absolute Gasteiger partial charge is 0.266 e. The molecule has 0 amide bonds. The van der Waals surface area contributed by atoms with E-state index in [1.54, 1.807) is 18.2 Å². The number of sulfone groups is 1. The zero-order valence-corrected chi connectivity index (χ0v) is 20.3. The molecule has 0 bridgehead atoms. The summed E-state index contributed by atoms with van der Waals surface area (Å²) in [5.41, 5.74) is 1.24. The minimum atomic E-state index is -4.02. The fourth-order valence-corrected chi connectivity index (χ4v) is 5.77. The molecule has 0 unspecified atom stereocenters. The van der Waals surface area contributed by atoms with Crippen molar-refractivity contribution in [3.63, 3.8) is 0 Å². The van der Waals surface area contributed by atoms with Gasteiger partial charge in [-0.05, 0) is 29.8 Å². The number of piperazine rings is 1. The van der Waals surface area contributed by atoms with Crippen LogP contribution < -0.4 is 14.4 Å². The second-order valence-electron chi connectivity index (χ2n) is 8.66.